The zero-order valence-electron chi connectivity index (χ0n) is 16.2. The molecular formula is C21H26ClN4O2+. The number of benzene rings is 2. The molecule has 2 aromatic carbocycles. The fourth-order valence-electron chi connectivity index (χ4n) is 3.45. The molecule has 0 spiro atoms. The molecule has 1 aliphatic rings. The van der Waals surface area contributed by atoms with Gasteiger partial charge in [0.05, 0.1) is 36.9 Å². The number of imide groups is 1. The average molecular weight is 402 g/mol. The summed E-state index contributed by atoms with van der Waals surface area (Å²) in [6.07, 6.45) is 0. The Morgan fingerprint density at radius 3 is 2.50 bits per heavy atom. The molecule has 148 valence electrons. The van der Waals surface area contributed by atoms with Gasteiger partial charge in [-0.1, -0.05) is 41.4 Å². The van der Waals surface area contributed by atoms with Gasteiger partial charge >= 0.3 is 6.03 Å². The fourth-order valence-corrected chi connectivity index (χ4v) is 3.71. The zero-order valence-corrected chi connectivity index (χ0v) is 17.0. The Morgan fingerprint density at radius 2 is 1.82 bits per heavy atom. The maximum Gasteiger partial charge on any atom is 0.326 e. The number of anilines is 2. The van der Waals surface area contributed by atoms with E-state index in [9.17, 15) is 9.59 Å². The minimum Gasteiger partial charge on any atom is -0.359 e. The van der Waals surface area contributed by atoms with Crippen molar-refractivity contribution in [3.05, 3.63) is 58.6 Å². The van der Waals surface area contributed by atoms with Crippen molar-refractivity contribution in [2.45, 2.75) is 13.8 Å². The van der Waals surface area contributed by atoms with Crippen LogP contribution in [0.3, 0.4) is 0 Å². The second-order valence-electron chi connectivity index (χ2n) is 7.19. The van der Waals surface area contributed by atoms with Gasteiger partial charge in [-0.05, 0) is 37.6 Å². The van der Waals surface area contributed by atoms with Gasteiger partial charge in [0.15, 0.2) is 6.54 Å². The van der Waals surface area contributed by atoms with Crippen molar-refractivity contribution in [3.8, 4) is 0 Å². The molecule has 0 aromatic heterocycles. The third kappa shape index (κ3) is 5.24. The van der Waals surface area contributed by atoms with E-state index in [4.69, 9.17) is 11.6 Å². The highest BCUT2D eigenvalue weighted by Gasteiger charge is 2.24. The molecule has 0 unspecified atom stereocenters. The lowest BCUT2D eigenvalue weighted by Gasteiger charge is -2.33. The summed E-state index contributed by atoms with van der Waals surface area (Å²) in [6, 6.07) is 13.0. The maximum atomic E-state index is 12.2. The number of urea groups is 1. The van der Waals surface area contributed by atoms with Crippen LogP contribution in [0.5, 0.6) is 0 Å². The number of piperazine rings is 1. The van der Waals surface area contributed by atoms with Crippen LogP contribution in [-0.4, -0.2) is 44.7 Å². The summed E-state index contributed by atoms with van der Waals surface area (Å²) in [5.41, 5.74) is 3.82. The van der Waals surface area contributed by atoms with Crippen LogP contribution in [0.1, 0.15) is 11.1 Å². The lowest BCUT2D eigenvalue weighted by molar-refractivity contribution is -0.892. The van der Waals surface area contributed by atoms with E-state index < -0.39 is 6.03 Å². The monoisotopic (exact) mass is 401 g/mol. The number of carbonyl (C=O) groups is 2. The summed E-state index contributed by atoms with van der Waals surface area (Å²) in [4.78, 5) is 27.7. The van der Waals surface area contributed by atoms with Crippen molar-refractivity contribution in [1.29, 1.82) is 0 Å². The van der Waals surface area contributed by atoms with E-state index in [0.717, 1.165) is 52.9 Å². The number of aryl methyl sites for hydroxylation is 2. The number of hydrogen-bond acceptors (Lipinski definition) is 3. The van der Waals surface area contributed by atoms with Crippen LogP contribution in [0.2, 0.25) is 5.02 Å². The lowest BCUT2D eigenvalue weighted by Crippen LogP contribution is -3.16. The largest absolute Gasteiger partial charge is 0.359 e. The normalized spacial score (nSPS) is 14.6. The van der Waals surface area contributed by atoms with E-state index in [-0.39, 0.29) is 12.5 Å². The van der Waals surface area contributed by atoms with Gasteiger partial charge in [0, 0.05) is 5.69 Å². The SMILES string of the molecule is Cc1ccc(NC(=O)NC(=O)C[NH+]2CCN(c3ccccc3Cl)CC2)c(C)c1. The molecule has 0 saturated carbocycles. The first-order valence-corrected chi connectivity index (χ1v) is 9.81. The first-order chi connectivity index (χ1) is 13.4. The number of nitrogens with one attached hydrogen (secondary N) is 3. The van der Waals surface area contributed by atoms with Crippen molar-refractivity contribution in [1.82, 2.24) is 5.32 Å². The van der Waals surface area contributed by atoms with Gasteiger partial charge in [0.1, 0.15) is 0 Å². The van der Waals surface area contributed by atoms with Gasteiger partial charge in [-0.3, -0.25) is 10.1 Å². The molecule has 2 aromatic rings. The highest BCUT2D eigenvalue weighted by atomic mass is 35.5. The maximum absolute atomic E-state index is 12.2. The Labute approximate surface area is 170 Å². The first kappa shape index (κ1) is 20.2. The predicted octanol–water partition coefficient (Wildman–Crippen LogP) is 2.01. The number of para-hydroxylation sites is 1. The molecule has 0 radical (unpaired) electrons. The molecule has 0 atom stereocenters. The standard InChI is InChI=1S/C21H25ClN4O2/c1-15-7-8-18(16(2)13-15)23-21(28)24-20(27)14-25-9-11-26(12-10-25)19-6-4-3-5-17(19)22/h3-8,13H,9-12,14H2,1-2H3,(H2,23,24,27,28)/p+1. The Morgan fingerprint density at radius 1 is 1.11 bits per heavy atom. The highest BCUT2D eigenvalue weighted by Crippen LogP contribution is 2.24. The number of hydrogen-bond donors (Lipinski definition) is 3. The fraction of sp³-hybridized carbons (Fsp3) is 0.333. The van der Waals surface area contributed by atoms with E-state index in [2.05, 4.69) is 15.5 Å². The number of carbonyl (C=O) groups excluding carboxylic acids is 2. The van der Waals surface area contributed by atoms with Crippen molar-refractivity contribution in [3.63, 3.8) is 0 Å². The molecule has 1 saturated heterocycles. The number of amides is 3. The molecule has 0 bridgehead atoms. The molecule has 3 amide bonds. The third-order valence-electron chi connectivity index (χ3n) is 4.96. The molecule has 1 heterocycles. The number of halogens is 1. The van der Waals surface area contributed by atoms with Crippen LogP contribution in [0.4, 0.5) is 16.2 Å². The summed E-state index contributed by atoms with van der Waals surface area (Å²) in [6.45, 7) is 7.47. The van der Waals surface area contributed by atoms with Crippen LogP contribution in [0, 0.1) is 13.8 Å². The molecule has 6 nitrogen and oxygen atoms in total. The Hall–Kier alpha value is -2.57. The highest BCUT2D eigenvalue weighted by molar-refractivity contribution is 6.33. The summed E-state index contributed by atoms with van der Waals surface area (Å²) < 4.78 is 0. The topological polar surface area (TPSA) is 65.9 Å². The predicted molar refractivity (Wildman–Crippen MR) is 112 cm³/mol. The van der Waals surface area contributed by atoms with Gasteiger partial charge in [-0.15, -0.1) is 0 Å². The minimum absolute atomic E-state index is 0.274. The van der Waals surface area contributed by atoms with Crippen LogP contribution in [0.15, 0.2) is 42.5 Å². The Bertz CT molecular complexity index is 863. The number of quaternary nitrogens is 1. The molecule has 3 N–H and O–H groups in total. The average Bonchev–Trinajstić information content (AvgIpc) is 2.65. The van der Waals surface area contributed by atoms with E-state index >= 15 is 0 Å². The smallest absolute Gasteiger partial charge is 0.326 e. The van der Waals surface area contributed by atoms with Crippen LogP contribution in [0.25, 0.3) is 0 Å². The van der Waals surface area contributed by atoms with Crippen molar-refractivity contribution in [2.75, 3.05) is 42.9 Å². The van der Waals surface area contributed by atoms with Gasteiger partial charge in [-0.2, -0.15) is 0 Å². The third-order valence-corrected chi connectivity index (χ3v) is 5.28. The van der Waals surface area contributed by atoms with Gasteiger partial charge in [-0.25, -0.2) is 4.79 Å². The Kier molecular flexibility index (Phi) is 6.54. The van der Waals surface area contributed by atoms with Crippen molar-refractivity contribution >= 4 is 34.9 Å². The molecule has 7 heteroatoms. The van der Waals surface area contributed by atoms with Crippen molar-refractivity contribution in [2.24, 2.45) is 0 Å². The van der Waals surface area contributed by atoms with Gasteiger partial charge < -0.3 is 15.1 Å². The van der Waals surface area contributed by atoms with Crippen LogP contribution >= 0.6 is 11.6 Å². The number of nitrogens with zero attached hydrogens (tertiary/aromatic N) is 1. The Balaban J connectivity index is 1.45. The van der Waals surface area contributed by atoms with Crippen LogP contribution in [-0.2, 0) is 4.79 Å². The number of rotatable bonds is 4. The van der Waals surface area contributed by atoms with E-state index in [1.54, 1.807) is 0 Å². The summed E-state index contributed by atoms with van der Waals surface area (Å²) in [5.74, 6) is -0.275. The van der Waals surface area contributed by atoms with E-state index in [1.165, 1.54) is 0 Å². The first-order valence-electron chi connectivity index (χ1n) is 9.43. The minimum atomic E-state index is -0.494. The zero-order chi connectivity index (χ0) is 20.1. The second kappa shape index (κ2) is 9.08. The molecule has 0 aliphatic carbocycles. The van der Waals surface area contributed by atoms with Crippen molar-refractivity contribution < 1.29 is 14.5 Å². The summed E-state index contributed by atoms with van der Waals surface area (Å²) in [7, 11) is 0. The molecule has 3 rings (SSSR count). The lowest BCUT2D eigenvalue weighted by atomic mass is 10.1. The molecular weight excluding hydrogens is 376 g/mol. The van der Waals surface area contributed by atoms with E-state index in [1.807, 2.05) is 56.3 Å². The summed E-state index contributed by atoms with van der Waals surface area (Å²) >= 11 is 6.26. The molecule has 1 aliphatic heterocycles. The molecule has 1 fully saturated rings. The quantitative estimate of drug-likeness (QED) is 0.734. The van der Waals surface area contributed by atoms with E-state index in [0.29, 0.717) is 5.69 Å². The molecule has 28 heavy (non-hydrogen) atoms. The van der Waals surface area contributed by atoms with Gasteiger partial charge in [0.2, 0.25) is 0 Å². The van der Waals surface area contributed by atoms with Gasteiger partial charge in [0.25, 0.3) is 5.91 Å². The van der Waals surface area contributed by atoms with Crippen LogP contribution < -0.4 is 20.4 Å². The second-order valence-corrected chi connectivity index (χ2v) is 7.59. The summed E-state index contributed by atoms with van der Waals surface area (Å²) in [5, 5.41) is 5.90.